The molecule has 4 heterocycles. The van der Waals surface area contributed by atoms with Gasteiger partial charge in [-0.05, 0) is 43.2 Å². The molecule has 34 heavy (non-hydrogen) atoms. The first-order chi connectivity index (χ1) is 16.6. The second-order valence-electron chi connectivity index (χ2n) is 8.93. The van der Waals surface area contributed by atoms with Gasteiger partial charge in [-0.15, -0.1) is 0 Å². The molecule has 0 radical (unpaired) electrons. The molecule has 9 heteroatoms. The predicted molar refractivity (Wildman–Crippen MR) is 129 cm³/mol. The fourth-order valence-electron chi connectivity index (χ4n) is 4.51. The minimum Gasteiger partial charge on any atom is -0.456 e. The van der Waals surface area contributed by atoms with E-state index in [0.29, 0.717) is 19.1 Å². The molecule has 5 rings (SSSR count). The van der Waals surface area contributed by atoms with Crippen LogP contribution in [0.3, 0.4) is 0 Å². The first-order valence-corrected chi connectivity index (χ1v) is 11.9. The van der Waals surface area contributed by atoms with Gasteiger partial charge in [-0.3, -0.25) is 20.5 Å². The molecular formula is C25H32N6O3. The number of fused-ring (bicyclic) bond motifs is 1. The lowest BCUT2D eigenvalue weighted by molar-refractivity contribution is -0.142. The van der Waals surface area contributed by atoms with Crippen LogP contribution in [0.4, 0.5) is 0 Å². The number of ether oxygens (including phenoxy) is 2. The molecule has 2 saturated heterocycles. The highest BCUT2D eigenvalue weighted by Crippen LogP contribution is 2.26. The molecule has 1 aromatic carbocycles. The van der Waals surface area contributed by atoms with E-state index >= 15 is 0 Å². The van der Waals surface area contributed by atoms with Crippen molar-refractivity contribution < 1.29 is 14.3 Å². The number of benzene rings is 1. The standard InChI is InChI=1S/C25H32N6O3/c1-18(33-2)25(32)30-13-11-29(12-14-30)15-20-16-31-17-22(7-8-24(31)27-20)34-21-5-3-19(4-6-21)23-9-10-26-28-23/h3-8,16-18,23,26,28H,9-15H2,1-2H3/t18-,23?/m1/s1. The quantitative estimate of drug-likeness (QED) is 0.555. The number of hydrazine groups is 1. The van der Waals surface area contributed by atoms with Crippen molar-refractivity contribution in [1.82, 2.24) is 30.0 Å². The lowest BCUT2D eigenvalue weighted by Crippen LogP contribution is -2.50. The van der Waals surface area contributed by atoms with Crippen molar-refractivity contribution in [2.24, 2.45) is 0 Å². The van der Waals surface area contributed by atoms with Gasteiger partial charge < -0.3 is 18.8 Å². The molecule has 2 N–H and O–H groups in total. The van der Waals surface area contributed by atoms with E-state index in [-0.39, 0.29) is 12.0 Å². The zero-order valence-corrected chi connectivity index (χ0v) is 19.7. The Hall–Kier alpha value is -2.98. The molecule has 0 aliphatic carbocycles. The Labute approximate surface area is 199 Å². The lowest BCUT2D eigenvalue weighted by Gasteiger charge is -2.35. The first-order valence-electron chi connectivity index (χ1n) is 11.9. The Kier molecular flexibility index (Phi) is 6.77. The summed E-state index contributed by atoms with van der Waals surface area (Å²) in [5.74, 6) is 1.64. The highest BCUT2D eigenvalue weighted by atomic mass is 16.5. The number of hydrogen-bond donors (Lipinski definition) is 2. The number of carbonyl (C=O) groups excluding carboxylic acids is 1. The highest BCUT2D eigenvalue weighted by molar-refractivity contribution is 5.80. The molecule has 2 aliphatic heterocycles. The third-order valence-corrected chi connectivity index (χ3v) is 6.60. The van der Waals surface area contributed by atoms with Gasteiger partial charge in [-0.1, -0.05) is 12.1 Å². The molecule has 0 saturated carbocycles. The summed E-state index contributed by atoms with van der Waals surface area (Å²) in [4.78, 5) is 21.3. The minimum absolute atomic E-state index is 0.0595. The number of methoxy groups -OCH3 is 1. The average molecular weight is 465 g/mol. The molecule has 3 aromatic rings. The largest absolute Gasteiger partial charge is 0.456 e. The van der Waals surface area contributed by atoms with Gasteiger partial charge in [0.2, 0.25) is 0 Å². The zero-order chi connectivity index (χ0) is 23.5. The Bertz CT molecular complexity index is 1120. The number of amides is 1. The second-order valence-corrected chi connectivity index (χ2v) is 8.93. The molecule has 2 atom stereocenters. The lowest BCUT2D eigenvalue weighted by atomic mass is 10.1. The van der Waals surface area contributed by atoms with E-state index in [1.54, 1.807) is 14.0 Å². The maximum Gasteiger partial charge on any atom is 0.251 e. The summed E-state index contributed by atoms with van der Waals surface area (Å²) < 4.78 is 13.3. The van der Waals surface area contributed by atoms with Gasteiger partial charge in [0.15, 0.2) is 0 Å². The van der Waals surface area contributed by atoms with Crippen molar-refractivity contribution in [3.63, 3.8) is 0 Å². The van der Waals surface area contributed by atoms with Crippen LogP contribution in [0.15, 0.2) is 48.8 Å². The molecule has 1 amide bonds. The molecule has 2 aliphatic rings. The van der Waals surface area contributed by atoms with Crippen LogP contribution in [-0.2, 0) is 16.1 Å². The monoisotopic (exact) mass is 464 g/mol. The van der Waals surface area contributed by atoms with E-state index in [1.165, 1.54) is 5.56 Å². The topological polar surface area (TPSA) is 83.4 Å². The van der Waals surface area contributed by atoms with Crippen molar-refractivity contribution in [2.45, 2.75) is 32.0 Å². The van der Waals surface area contributed by atoms with Gasteiger partial charge >= 0.3 is 0 Å². The highest BCUT2D eigenvalue weighted by Gasteiger charge is 2.25. The van der Waals surface area contributed by atoms with E-state index in [1.807, 2.05) is 39.8 Å². The number of imidazole rings is 1. The van der Waals surface area contributed by atoms with Gasteiger partial charge in [0.1, 0.15) is 23.3 Å². The summed E-state index contributed by atoms with van der Waals surface area (Å²) in [5.41, 5.74) is 9.60. The summed E-state index contributed by atoms with van der Waals surface area (Å²) in [7, 11) is 1.57. The summed E-state index contributed by atoms with van der Waals surface area (Å²) in [6.07, 6.45) is 4.71. The fourth-order valence-corrected chi connectivity index (χ4v) is 4.51. The van der Waals surface area contributed by atoms with E-state index in [2.05, 4.69) is 34.1 Å². The molecule has 0 spiro atoms. The second kappa shape index (κ2) is 10.1. The number of carbonyl (C=O) groups is 1. The van der Waals surface area contributed by atoms with Crippen molar-refractivity contribution in [1.29, 1.82) is 0 Å². The Morgan fingerprint density at radius 1 is 1.09 bits per heavy atom. The van der Waals surface area contributed by atoms with Gasteiger partial charge in [0.25, 0.3) is 5.91 Å². The normalized spacial score (nSPS) is 20.1. The van der Waals surface area contributed by atoms with Crippen LogP contribution in [0.5, 0.6) is 11.5 Å². The Morgan fingerprint density at radius 3 is 2.56 bits per heavy atom. The SMILES string of the molecule is CO[C@H](C)C(=O)N1CCN(Cc2cn3cc(Oc4ccc(C5CCNN5)cc4)ccc3n2)CC1. The van der Waals surface area contributed by atoms with Crippen LogP contribution in [0.25, 0.3) is 5.65 Å². The fraction of sp³-hybridized carbons (Fsp3) is 0.440. The third kappa shape index (κ3) is 5.07. The molecule has 1 unspecified atom stereocenters. The number of nitrogens with zero attached hydrogens (tertiary/aromatic N) is 4. The average Bonchev–Trinajstić information content (AvgIpc) is 3.54. The van der Waals surface area contributed by atoms with Gasteiger partial charge in [-0.2, -0.15) is 0 Å². The minimum atomic E-state index is -0.388. The van der Waals surface area contributed by atoms with E-state index in [0.717, 1.165) is 55.4 Å². The summed E-state index contributed by atoms with van der Waals surface area (Å²) >= 11 is 0. The summed E-state index contributed by atoms with van der Waals surface area (Å²) in [5, 5.41) is 0. The van der Waals surface area contributed by atoms with Gasteiger partial charge in [0.05, 0.1) is 11.9 Å². The van der Waals surface area contributed by atoms with Crippen molar-refractivity contribution in [2.75, 3.05) is 39.8 Å². The third-order valence-electron chi connectivity index (χ3n) is 6.60. The number of hydrogen-bond acceptors (Lipinski definition) is 7. The Morgan fingerprint density at radius 2 is 1.85 bits per heavy atom. The van der Waals surface area contributed by atoms with Gasteiger partial charge in [-0.25, -0.2) is 4.98 Å². The van der Waals surface area contributed by atoms with Crippen molar-refractivity contribution in [3.05, 3.63) is 60.0 Å². The molecule has 180 valence electrons. The molecule has 9 nitrogen and oxygen atoms in total. The molecule has 2 fully saturated rings. The van der Waals surface area contributed by atoms with Crippen molar-refractivity contribution >= 4 is 11.6 Å². The van der Waals surface area contributed by atoms with Crippen LogP contribution >= 0.6 is 0 Å². The first kappa shape index (κ1) is 22.8. The number of piperazine rings is 1. The molecular weight excluding hydrogens is 432 g/mol. The molecule has 2 aromatic heterocycles. The van der Waals surface area contributed by atoms with Crippen molar-refractivity contribution in [3.8, 4) is 11.5 Å². The van der Waals surface area contributed by atoms with E-state index in [4.69, 9.17) is 14.5 Å². The van der Waals surface area contributed by atoms with E-state index in [9.17, 15) is 4.79 Å². The zero-order valence-electron chi connectivity index (χ0n) is 19.7. The predicted octanol–water partition coefficient (Wildman–Crippen LogP) is 2.34. The van der Waals surface area contributed by atoms with Crippen LogP contribution in [0, 0.1) is 0 Å². The van der Waals surface area contributed by atoms with Crippen LogP contribution in [0.1, 0.15) is 30.6 Å². The van der Waals surface area contributed by atoms with Crippen LogP contribution in [0.2, 0.25) is 0 Å². The number of aromatic nitrogens is 2. The Balaban J connectivity index is 1.18. The summed E-state index contributed by atoms with van der Waals surface area (Å²) in [6.45, 7) is 6.61. The van der Waals surface area contributed by atoms with E-state index < -0.39 is 0 Å². The van der Waals surface area contributed by atoms with Crippen LogP contribution < -0.4 is 15.6 Å². The smallest absolute Gasteiger partial charge is 0.251 e. The number of pyridine rings is 1. The molecule has 0 bridgehead atoms. The number of nitrogens with one attached hydrogen (secondary N) is 2. The summed E-state index contributed by atoms with van der Waals surface area (Å²) in [6, 6.07) is 12.5. The number of rotatable bonds is 7. The van der Waals surface area contributed by atoms with Gasteiger partial charge in [0, 0.05) is 58.6 Å². The van der Waals surface area contributed by atoms with Crippen LogP contribution in [-0.4, -0.2) is 71.0 Å². The maximum atomic E-state index is 12.3. The maximum absolute atomic E-state index is 12.3.